The van der Waals surface area contributed by atoms with Crippen molar-refractivity contribution in [2.45, 2.75) is 12.5 Å². The molecule has 0 radical (unpaired) electrons. The maximum Gasteiger partial charge on any atom is 0.222 e. The number of nitrogens with one attached hydrogen (secondary N) is 2. The van der Waals surface area contributed by atoms with E-state index in [1.54, 1.807) is 6.20 Å². The molecule has 1 aliphatic rings. The van der Waals surface area contributed by atoms with Crippen molar-refractivity contribution >= 4 is 22.5 Å². The van der Waals surface area contributed by atoms with Crippen LogP contribution in [0.1, 0.15) is 12.0 Å². The third-order valence-corrected chi connectivity index (χ3v) is 3.22. The van der Waals surface area contributed by atoms with Gasteiger partial charge in [0.1, 0.15) is 6.07 Å². The first-order chi connectivity index (χ1) is 9.28. The highest BCUT2D eigenvalue weighted by Crippen LogP contribution is 2.26. The number of pyridine rings is 1. The van der Waals surface area contributed by atoms with Gasteiger partial charge < -0.3 is 10.6 Å². The fourth-order valence-electron chi connectivity index (χ4n) is 2.29. The van der Waals surface area contributed by atoms with Gasteiger partial charge in [-0.1, -0.05) is 18.2 Å². The summed E-state index contributed by atoms with van der Waals surface area (Å²) in [5.41, 5.74) is 2.09. The van der Waals surface area contributed by atoms with Crippen molar-refractivity contribution in [2.75, 3.05) is 11.9 Å². The fourth-order valence-corrected chi connectivity index (χ4v) is 2.29. The lowest BCUT2D eigenvalue weighted by Gasteiger charge is -2.15. The van der Waals surface area contributed by atoms with Crippen LogP contribution in [-0.4, -0.2) is 23.5 Å². The number of rotatable bonds is 2. The highest BCUT2D eigenvalue weighted by atomic mass is 16.1. The molecule has 1 unspecified atom stereocenters. The molecular weight excluding hydrogens is 240 g/mol. The van der Waals surface area contributed by atoms with Crippen molar-refractivity contribution in [3.05, 3.63) is 36.0 Å². The van der Waals surface area contributed by atoms with E-state index in [-0.39, 0.29) is 11.9 Å². The van der Waals surface area contributed by atoms with Gasteiger partial charge in [-0.3, -0.25) is 9.78 Å². The first-order valence-corrected chi connectivity index (χ1v) is 6.09. The number of nitrogens with zero attached hydrogens (tertiary/aromatic N) is 2. The van der Waals surface area contributed by atoms with Gasteiger partial charge in [0.05, 0.1) is 22.8 Å². The van der Waals surface area contributed by atoms with E-state index in [2.05, 4.69) is 21.7 Å². The lowest BCUT2D eigenvalue weighted by atomic mass is 10.1. The van der Waals surface area contributed by atoms with Gasteiger partial charge in [-0.15, -0.1) is 0 Å². The number of carbonyl (C=O) groups excluding carboxylic acids is 1. The second-order valence-electron chi connectivity index (χ2n) is 4.53. The summed E-state index contributed by atoms with van der Waals surface area (Å²) in [7, 11) is 0. The average Bonchev–Trinajstić information content (AvgIpc) is 2.85. The van der Waals surface area contributed by atoms with Crippen molar-refractivity contribution in [3.8, 4) is 6.07 Å². The van der Waals surface area contributed by atoms with Crippen molar-refractivity contribution < 1.29 is 4.79 Å². The number of hydrogen-bond donors (Lipinski definition) is 2. The molecule has 19 heavy (non-hydrogen) atoms. The van der Waals surface area contributed by atoms with Crippen LogP contribution in [-0.2, 0) is 4.79 Å². The Bertz CT molecular complexity index is 689. The van der Waals surface area contributed by atoms with Crippen LogP contribution in [0.25, 0.3) is 10.9 Å². The minimum atomic E-state index is 0.0189. The van der Waals surface area contributed by atoms with E-state index in [0.29, 0.717) is 18.5 Å². The van der Waals surface area contributed by atoms with Gasteiger partial charge in [0.15, 0.2) is 0 Å². The first kappa shape index (κ1) is 11.5. The molecule has 5 heteroatoms. The van der Waals surface area contributed by atoms with Crippen molar-refractivity contribution in [1.82, 2.24) is 10.3 Å². The Kier molecular flexibility index (Phi) is 2.76. The van der Waals surface area contributed by atoms with Crippen LogP contribution in [0.15, 0.2) is 30.5 Å². The quantitative estimate of drug-likeness (QED) is 0.847. The van der Waals surface area contributed by atoms with Crippen LogP contribution < -0.4 is 10.6 Å². The lowest BCUT2D eigenvalue weighted by Crippen LogP contribution is -2.23. The van der Waals surface area contributed by atoms with Gasteiger partial charge in [0.25, 0.3) is 0 Å². The molecule has 0 aliphatic carbocycles. The van der Waals surface area contributed by atoms with Gasteiger partial charge in [0, 0.05) is 24.5 Å². The smallest absolute Gasteiger partial charge is 0.222 e. The van der Waals surface area contributed by atoms with Crippen LogP contribution in [0.4, 0.5) is 5.69 Å². The second-order valence-corrected chi connectivity index (χ2v) is 4.53. The van der Waals surface area contributed by atoms with E-state index >= 15 is 0 Å². The molecule has 2 heterocycles. The van der Waals surface area contributed by atoms with E-state index in [9.17, 15) is 10.1 Å². The van der Waals surface area contributed by atoms with Gasteiger partial charge in [-0.25, -0.2) is 0 Å². The van der Waals surface area contributed by atoms with Crippen LogP contribution in [0, 0.1) is 11.3 Å². The first-order valence-electron chi connectivity index (χ1n) is 6.09. The number of para-hydroxylation sites is 1. The molecule has 1 aliphatic heterocycles. The topological polar surface area (TPSA) is 77.8 Å². The number of fused-ring (bicyclic) bond motifs is 1. The Hall–Kier alpha value is -2.61. The minimum absolute atomic E-state index is 0.0189. The normalized spacial score (nSPS) is 18.1. The van der Waals surface area contributed by atoms with E-state index in [1.165, 1.54) is 0 Å². The number of amides is 1. The highest BCUT2D eigenvalue weighted by Gasteiger charge is 2.22. The maximum atomic E-state index is 11.2. The zero-order valence-corrected chi connectivity index (χ0v) is 10.2. The number of carbonyl (C=O) groups is 1. The summed E-state index contributed by atoms with van der Waals surface area (Å²) in [6, 6.07) is 9.81. The molecule has 1 fully saturated rings. The molecule has 0 bridgehead atoms. The molecule has 3 rings (SSSR count). The van der Waals surface area contributed by atoms with E-state index in [4.69, 9.17) is 0 Å². The highest BCUT2D eigenvalue weighted by molar-refractivity contribution is 5.94. The zero-order valence-electron chi connectivity index (χ0n) is 10.2. The molecule has 94 valence electrons. The van der Waals surface area contributed by atoms with Crippen molar-refractivity contribution in [3.63, 3.8) is 0 Å². The summed E-state index contributed by atoms with van der Waals surface area (Å²) in [6.07, 6.45) is 2.00. The summed E-state index contributed by atoms with van der Waals surface area (Å²) in [4.78, 5) is 15.5. The number of benzene rings is 1. The lowest BCUT2D eigenvalue weighted by molar-refractivity contribution is -0.119. The van der Waals surface area contributed by atoms with Crippen molar-refractivity contribution in [1.29, 1.82) is 5.26 Å². The predicted molar refractivity (Wildman–Crippen MR) is 71.5 cm³/mol. The van der Waals surface area contributed by atoms with E-state index in [1.807, 2.05) is 24.3 Å². The molecule has 1 saturated heterocycles. The van der Waals surface area contributed by atoms with Crippen LogP contribution in [0.2, 0.25) is 0 Å². The Balaban J connectivity index is 2.05. The molecule has 1 amide bonds. The van der Waals surface area contributed by atoms with E-state index in [0.717, 1.165) is 16.6 Å². The summed E-state index contributed by atoms with van der Waals surface area (Å²) >= 11 is 0. The maximum absolute atomic E-state index is 11.2. The van der Waals surface area contributed by atoms with Gasteiger partial charge >= 0.3 is 0 Å². The van der Waals surface area contributed by atoms with Gasteiger partial charge in [0.2, 0.25) is 5.91 Å². The largest absolute Gasteiger partial charge is 0.378 e. The van der Waals surface area contributed by atoms with Gasteiger partial charge in [-0.05, 0) is 6.07 Å². The Labute approximate surface area is 110 Å². The number of anilines is 1. The van der Waals surface area contributed by atoms with Crippen LogP contribution in [0.3, 0.4) is 0 Å². The number of hydrogen-bond acceptors (Lipinski definition) is 4. The van der Waals surface area contributed by atoms with Gasteiger partial charge in [-0.2, -0.15) is 5.26 Å². The zero-order chi connectivity index (χ0) is 13.2. The summed E-state index contributed by atoms with van der Waals surface area (Å²) < 4.78 is 0. The third-order valence-electron chi connectivity index (χ3n) is 3.22. The Morgan fingerprint density at radius 1 is 1.42 bits per heavy atom. The van der Waals surface area contributed by atoms with E-state index < -0.39 is 0 Å². The second kappa shape index (κ2) is 4.58. The standard InChI is InChI=1S/C14H12N4O/c15-6-9-7-16-12-4-2-1-3-11(12)14(9)18-10-5-13(19)17-8-10/h1-4,7,10H,5,8H2,(H,16,18)(H,17,19). The number of nitriles is 1. The molecule has 1 aromatic heterocycles. The summed E-state index contributed by atoms with van der Waals surface area (Å²) in [6.45, 7) is 0.584. The Morgan fingerprint density at radius 3 is 3.00 bits per heavy atom. The molecule has 5 nitrogen and oxygen atoms in total. The molecule has 1 atom stereocenters. The summed E-state index contributed by atoms with van der Waals surface area (Å²) in [5, 5.41) is 16.2. The van der Waals surface area contributed by atoms with Crippen LogP contribution in [0.5, 0.6) is 0 Å². The number of aromatic nitrogens is 1. The minimum Gasteiger partial charge on any atom is -0.378 e. The molecular formula is C14H12N4O. The SMILES string of the molecule is N#Cc1cnc2ccccc2c1NC1CNC(=O)C1. The third kappa shape index (κ3) is 2.08. The average molecular weight is 252 g/mol. The summed E-state index contributed by atoms with van der Waals surface area (Å²) in [5.74, 6) is 0.0365. The van der Waals surface area contributed by atoms with Crippen molar-refractivity contribution in [2.24, 2.45) is 0 Å². The Morgan fingerprint density at radius 2 is 2.26 bits per heavy atom. The molecule has 1 aromatic carbocycles. The molecule has 2 N–H and O–H groups in total. The molecule has 2 aromatic rings. The predicted octanol–water partition coefficient (Wildman–Crippen LogP) is 1.41. The molecule has 0 spiro atoms. The monoisotopic (exact) mass is 252 g/mol. The molecule has 0 saturated carbocycles. The van der Waals surface area contributed by atoms with Crippen LogP contribution >= 0.6 is 0 Å². The fraction of sp³-hybridized carbons (Fsp3) is 0.214.